The third-order valence-electron chi connectivity index (χ3n) is 3.93. The summed E-state index contributed by atoms with van der Waals surface area (Å²) in [5.41, 5.74) is 7.50. The smallest absolute Gasteiger partial charge is 0.174 e. The Labute approximate surface area is 149 Å². The van der Waals surface area contributed by atoms with Crippen molar-refractivity contribution in [2.24, 2.45) is 5.10 Å². The number of anilines is 1. The maximum absolute atomic E-state index is 5.30. The average molecular weight is 344 g/mol. The molecule has 0 aliphatic rings. The number of nitrogens with zero attached hydrogens (tertiary/aromatic N) is 4. The van der Waals surface area contributed by atoms with Crippen LogP contribution < -0.4 is 10.2 Å². The highest BCUT2D eigenvalue weighted by atomic mass is 16.5. The molecule has 4 aromatic rings. The molecule has 0 saturated heterocycles. The molecule has 3 heterocycles. The highest BCUT2D eigenvalue weighted by Crippen LogP contribution is 2.31. The molecule has 7 heteroatoms. The second-order valence-corrected chi connectivity index (χ2v) is 5.53. The number of fused-ring (bicyclic) bond motifs is 1. The Morgan fingerprint density at radius 3 is 2.88 bits per heavy atom. The van der Waals surface area contributed by atoms with Crippen LogP contribution in [-0.2, 0) is 0 Å². The van der Waals surface area contributed by atoms with Crippen molar-refractivity contribution in [3.8, 4) is 16.9 Å². The summed E-state index contributed by atoms with van der Waals surface area (Å²) in [5, 5.41) is 4.24. The normalized spacial score (nSPS) is 11.1. The van der Waals surface area contributed by atoms with Gasteiger partial charge in [-0.15, -0.1) is 0 Å². The highest BCUT2D eigenvalue weighted by Gasteiger charge is 2.12. The van der Waals surface area contributed by atoms with Crippen LogP contribution in [0.3, 0.4) is 0 Å². The van der Waals surface area contributed by atoms with Crippen LogP contribution in [0.25, 0.3) is 22.2 Å². The van der Waals surface area contributed by atoms with E-state index in [1.807, 2.05) is 42.6 Å². The van der Waals surface area contributed by atoms with Gasteiger partial charge in [0.25, 0.3) is 0 Å². The van der Waals surface area contributed by atoms with E-state index < -0.39 is 0 Å². The quantitative estimate of drug-likeness (QED) is 0.427. The van der Waals surface area contributed by atoms with Crippen LogP contribution in [0.4, 0.5) is 5.82 Å². The lowest BCUT2D eigenvalue weighted by Crippen LogP contribution is -1.95. The number of ether oxygens (including phenoxy) is 1. The van der Waals surface area contributed by atoms with Gasteiger partial charge in [-0.3, -0.25) is 10.4 Å². The minimum absolute atomic E-state index is 0.606. The van der Waals surface area contributed by atoms with Gasteiger partial charge in [0, 0.05) is 24.2 Å². The Balaban J connectivity index is 1.66. The minimum Gasteiger partial charge on any atom is -0.497 e. The molecule has 0 saturated carbocycles. The van der Waals surface area contributed by atoms with E-state index in [2.05, 4.69) is 30.5 Å². The summed E-state index contributed by atoms with van der Waals surface area (Å²) < 4.78 is 5.30. The zero-order chi connectivity index (χ0) is 17.8. The Morgan fingerprint density at radius 2 is 2.04 bits per heavy atom. The van der Waals surface area contributed by atoms with Crippen LogP contribution in [-0.4, -0.2) is 33.3 Å². The molecule has 128 valence electrons. The van der Waals surface area contributed by atoms with Gasteiger partial charge in [-0.25, -0.2) is 9.97 Å². The van der Waals surface area contributed by atoms with E-state index in [1.165, 1.54) is 6.33 Å². The summed E-state index contributed by atoms with van der Waals surface area (Å²) >= 11 is 0. The van der Waals surface area contributed by atoms with Crippen molar-refractivity contribution < 1.29 is 4.74 Å². The predicted molar refractivity (Wildman–Crippen MR) is 101 cm³/mol. The first-order valence-corrected chi connectivity index (χ1v) is 8.01. The van der Waals surface area contributed by atoms with Crippen LogP contribution in [0.2, 0.25) is 0 Å². The van der Waals surface area contributed by atoms with Gasteiger partial charge in [0.05, 0.1) is 13.3 Å². The van der Waals surface area contributed by atoms with Crippen molar-refractivity contribution in [2.75, 3.05) is 12.5 Å². The number of aromatic nitrogens is 4. The van der Waals surface area contributed by atoms with Crippen molar-refractivity contribution in [3.63, 3.8) is 0 Å². The van der Waals surface area contributed by atoms with Gasteiger partial charge in [0.15, 0.2) is 5.82 Å². The standard InChI is InChI=1S/C19H16N6O/c1-26-15-4-2-3-14(9-15)16-11-21-18-17(16)22-12-23-19(18)25-24-10-13-5-7-20-8-6-13/h2-12,21H,1H3,(H,22,23,25)/b24-10-. The molecule has 7 nitrogen and oxygen atoms in total. The molecule has 0 aliphatic carbocycles. The van der Waals surface area contributed by atoms with E-state index in [4.69, 9.17) is 4.74 Å². The molecule has 0 atom stereocenters. The van der Waals surface area contributed by atoms with Crippen LogP contribution >= 0.6 is 0 Å². The molecule has 2 N–H and O–H groups in total. The molecule has 0 radical (unpaired) electrons. The maximum atomic E-state index is 5.30. The van der Waals surface area contributed by atoms with E-state index in [1.54, 1.807) is 25.7 Å². The first-order valence-electron chi connectivity index (χ1n) is 8.01. The highest BCUT2D eigenvalue weighted by molar-refractivity contribution is 5.97. The zero-order valence-corrected chi connectivity index (χ0v) is 14.0. The van der Waals surface area contributed by atoms with E-state index in [0.29, 0.717) is 5.82 Å². The van der Waals surface area contributed by atoms with Crippen LogP contribution in [0, 0.1) is 0 Å². The fourth-order valence-corrected chi connectivity index (χ4v) is 2.65. The van der Waals surface area contributed by atoms with Gasteiger partial charge >= 0.3 is 0 Å². The number of pyridine rings is 1. The number of rotatable bonds is 5. The van der Waals surface area contributed by atoms with Gasteiger partial charge in [-0.05, 0) is 35.4 Å². The lowest BCUT2D eigenvalue weighted by atomic mass is 10.1. The molecule has 1 aromatic carbocycles. The Hall–Kier alpha value is -3.74. The monoisotopic (exact) mass is 344 g/mol. The summed E-state index contributed by atoms with van der Waals surface area (Å²) in [4.78, 5) is 15.9. The first-order chi connectivity index (χ1) is 12.8. The maximum Gasteiger partial charge on any atom is 0.174 e. The molecule has 0 bridgehead atoms. The molecular formula is C19H16N6O. The average Bonchev–Trinajstić information content (AvgIpc) is 3.14. The van der Waals surface area contributed by atoms with Crippen molar-refractivity contribution >= 4 is 23.1 Å². The molecule has 4 rings (SSSR count). The molecule has 26 heavy (non-hydrogen) atoms. The fourth-order valence-electron chi connectivity index (χ4n) is 2.65. The van der Waals surface area contributed by atoms with Gasteiger partial charge in [0.2, 0.25) is 0 Å². The lowest BCUT2D eigenvalue weighted by Gasteiger charge is -2.04. The van der Waals surface area contributed by atoms with E-state index in [-0.39, 0.29) is 0 Å². The van der Waals surface area contributed by atoms with E-state index >= 15 is 0 Å². The summed E-state index contributed by atoms with van der Waals surface area (Å²) in [6.07, 6.45) is 8.57. The summed E-state index contributed by atoms with van der Waals surface area (Å²) in [6, 6.07) is 11.6. The number of benzene rings is 1. The third kappa shape index (κ3) is 3.10. The topological polar surface area (TPSA) is 88.1 Å². The van der Waals surface area contributed by atoms with Crippen molar-refractivity contribution in [3.05, 3.63) is 66.9 Å². The number of hydrogen-bond donors (Lipinski definition) is 2. The van der Waals surface area contributed by atoms with E-state index in [9.17, 15) is 0 Å². The van der Waals surface area contributed by atoms with Gasteiger partial charge in [-0.1, -0.05) is 12.1 Å². The zero-order valence-electron chi connectivity index (χ0n) is 14.0. The van der Waals surface area contributed by atoms with Crippen molar-refractivity contribution in [1.29, 1.82) is 0 Å². The van der Waals surface area contributed by atoms with Crippen LogP contribution in [0.1, 0.15) is 5.56 Å². The van der Waals surface area contributed by atoms with Gasteiger partial charge in [0.1, 0.15) is 23.1 Å². The summed E-state index contributed by atoms with van der Waals surface area (Å²) in [6.45, 7) is 0. The summed E-state index contributed by atoms with van der Waals surface area (Å²) in [5.74, 6) is 1.40. The SMILES string of the molecule is COc1cccc(-c2c[nH]c3c(N/N=C\c4ccncc4)ncnc23)c1. The number of aromatic amines is 1. The minimum atomic E-state index is 0.606. The molecular weight excluding hydrogens is 328 g/mol. The molecule has 0 unspecified atom stereocenters. The second kappa shape index (κ2) is 7.02. The fraction of sp³-hybridized carbons (Fsp3) is 0.0526. The molecule has 0 amide bonds. The van der Waals surface area contributed by atoms with Crippen molar-refractivity contribution in [2.45, 2.75) is 0 Å². The first kappa shape index (κ1) is 15.8. The van der Waals surface area contributed by atoms with Gasteiger partial charge < -0.3 is 9.72 Å². The second-order valence-electron chi connectivity index (χ2n) is 5.53. The largest absolute Gasteiger partial charge is 0.497 e. The summed E-state index contributed by atoms with van der Waals surface area (Å²) in [7, 11) is 1.65. The number of hydrazone groups is 1. The molecule has 0 spiro atoms. The number of hydrogen-bond acceptors (Lipinski definition) is 6. The lowest BCUT2D eigenvalue weighted by molar-refractivity contribution is 0.415. The Bertz CT molecular complexity index is 1060. The number of methoxy groups -OCH3 is 1. The molecule has 0 aliphatic heterocycles. The Kier molecular flexibility index (Phi) is 4.26. The van der Waals surface area contributed by atoms with Crippen LogP contribution in [0.15, 0.2) is 66.4 Å². The number of H-pyrrole nitrogens is 1. The van der Waals surface area contributed by atoms with Gasteiger partial charge in [-0.2, -0.15) is 5.10 Å². The third-order valence-corrected chi connectivity index (χ3v) is 3.93. The van der Waals surface area contributed by atoms with E-state index in [0.717, 1.165) is 33.5 Å². The predicted octanol–water partition coefficient (Wildman–Crippen LogP) is 3.47. The van der Waals surface area contributed by atoms with Crippen LogP contribution in [0.5, 0.6) is 5.75 Å². The number of nitrogens with one attached hydrogen (secondary N) is 2. The molecule has 0 fully saturated rings. The molecule has 3 aromatic heterocycles. The van der Waals surface area contributed by atoms with Crippen molar-refractivity contribution in [1.82, 2.24) is 19.9 Å². The Morgan fingerprint density at radius 1 is 1.15 bits per heavy atom.